The van der Waals surface area contributed by atoms with E-state index in [1.807, 2.05) is 32.0 Å². The van der Waals surface area contributed by atoms with Gasteiger partial charge in [-0.1, -0.05) is 29.3 Å². The van der Waals surface area contributed by atoms with Gasteiger partial charge in [-0.15, -0.1) is 11.6 Å². The highest BCUT2D eigenvalue weighted by Gasteiger charge is 2.11. The Morgan fingerprint density at radius 2 is 1.65 bits per heavy atom. The first-order valence-corrected chi connectivity index (χ1v) is 8.12. The molecule has 0 spiro atoms. The Labute approximate surface area is 109 Å². The Hall–Kier alpha value is -0.540. The third-order valence-electron chi connectivity index (χ3n) is 2.51. The molecule has 0 heterocycles. The van der Waals surface area contributed by atoms with Gasteiger partial charge in [-0.3, -0.25) is 0 Å². The van der Waals surface area contributed by atoms with Crippen LogP contribution in [0.3, 0.4) is 0 Å². The van der Waals surface area contributed by atoms with Gasteiger partial charge in [-0.05, 0) is 32.3 Å². The zero-order chi connectivity index (χ0) is 12.9. The summed E-state index contributed by atoms with van der Waals surface area (Å²) in [6.07, 6.45) is 1.41. The molecule has 0 aromatic heterocycles. The normalized spacial score (nSPS) is 11.7. The number of unbranched alkanes of at least 4 members (excludes halogenated alkanes) is 1. The van der Waals surface area contributed by atoms with E-state index < -0.39 is 9.84 Å². The first-order valence-electron chi connectivity index (χ1n) is 5.76. The van der Waals surface area contributed by atoms with Crippen molar-refractivity contribution >= 4 is 21.4 Å². The molecule has 0 amide bonds. The molecule has 96 valence electrons. The third-order valence-corrected chi connectivity index (χ3v) is 4.46. The minimum Gasteiger partial charge on any atom is -0.228 e. The highest BCUT2D eigenvalue weighted by Crippen LogP contribution is 2.13. The fourth-order valence-corrected chi connectivity index (χ4v) is 3.55. The van der Waals surface area contributed by atoms with Crippen LogP contribution in [0.4, 0.5) is 0 Å². The Balaban J connectivity index is 2.69. The van der Waals surface area contributed by atoms with Gasteiger partial charge in [-0.2, -0.15) is 0 Å². The summed E-state index contributed by atoms with van der Waals surface area (Å²) in [6.45, 7) is 3.97. The lowest BCUT2D eigenvalue weighted by molar-refractivity contribution is 0.592. The molecule has 0 fully saturated rings. The lowest BCUT2D eigenvalue weighted by Crippen LogP contribution is -2.09. The van der Waals surface area contributed by atoms with Crippen LogP contribution in [-0.2, 0) is 15.6 Å². The Bertz CT molecular complexity index is 446. The largest absolute Gasteiger partial charge is 0.228 e. The number of hydrogen-bond acceptors (Lipinski definition) is 2. The highest BCUT2D eigenvalue weighted by atomic mass is 35.5. The van der Waals surface area contributed by atoms with Gasteiger partial charge < -0.3 is 0 Å². The number of rotatable bonds is 6. The number of aryl methyl sites for hydroxylation is 2. The quantitative estimate of drug-likeness (QED) is 0.590. The van der Waals surface area contributed by atoms with Gasteiger partial charge >= 0.3 is 0 Å². The van der Waals surface area contributed by atoms with E-state index in [4.69, 9.17) is 11.6 Å². The van der Waals surface area contributed by atoms with Crippen LogP contribution in [0.25, 0.3) is 0 Å². The lowest BCUT2D eigenvalue weighted by Gasteiger charge is -2.06. The molecule has 0 N–H and O–H groups in total. The van der Waals surface area contributed by atoms with E-state index >= 15 is 0 Å². The average Bonchev–Trinajstić information content (AvgIpc) is 2.14. The van der Waals surface area contributed by atoms with Crippen molar-refractivity contribution in [3.05, 3.63) is 34.9 Å². The molecule has 2 nitrogen and oxygen atoms in total. The SMILES string of the molecule is Cc1cc(C)cc(CS(=O)(=O)CCCCCl)c1. The smallest absolute Gasteiger partial charge is 0.154 e. The van der Waals surface area contributed by atoms with Crippen LogP contribution in [0, 0.1) is 13.8 Å². The second-order valence-corrected chi connectivity index (χ2v) is 7.05. The van der Waals surface area contributed by atoms with Gasteiger partial charge in [0.15, 0.2) is 9.84 Å². The van der Waals surface area contributed by atoms with Crippen molar-refractivity contribution < 1.29 is 8.42 Å². The van der Waals surface area contributed by atoms with Crippen molar-refractivity contribution in [1.82, 2.24) is 0 Å². The molecule has 4 heteroatoms. The molecular formula is C13H19ClO2S. The number of halogens is 1. The van der Waals surface area contributed by atoms with E-state index in [9.17, 15) is 8.42 Å². The molecule has 0 radical (unpaired) electrons. The minimum atomic E-state index is -3.00. The number of benzene rings is 1. The zero-order valence-electron chi connectivity index (χ0n) is 10.4. The Morgan fingerprint density at radius 3 is 2.18 bits per heavy atom. The molecule has 0 bridgehead atoms. The van der Waals surface area contributed by atoms with E-state index in [1.54, 1.807) is 0 Å². The van der Waals surface area contributed by atoms with Gasteiger partial charge in [0.1, 0.15) is 0 Å². The molecule has 1 rings (SSSR count). The summed E-state index contributed by atoms with van der Waals surface area (Å²) in [4.78, 5) is 0. The van der Waals surface area contributed by atoms with E-state index in [1.165, 1.54) is 0 Å². The standard InChI is InChI=1S/C13H19ClO2S/c1-11-7-12(2)9-13(8-11)10-17(15,16)6-4-3-5-14/h7-9H,3-6,10H2,1-2H3. The van der Waals surface area contributed by atoms with Gasteiger partial charge in [0, 0.05) is 5.88 Å². The summed E-state index contributed by atoms with van der Waals surface area (Å²) in [5.41, 5.74) is 3.10. The van der Waals surface area contributed by atoms with Crippen LogP contribution in [-0.4, -0.2) is 20.1 Å². The van der Waals surface area contributed by atoms with Crippen LogP contribution in [0.1, 0.15) is 29.5 Å². The predicted octanol–water partition coefficient (Wildman–Crippen LogP) is 3.24. The molecule has 0 atom stereocenters. The van der Waals surface area contributed by atoms with E-state index in [0.717, 1.165) is 23.1 Å². The van der Waals surface area contributed by atoms with E-state index in [0.29, 0.717) is 12.3 Å². The van der Waals surface area contributed by atoms with Gasteiger partial charge in [0.2, 0.25) is 0 Å². The van der Waals surface area contributed by atoms with Crippen molar-refractivity contribution in [2.24, 2.45) is 0 Å². The summed E-state index contributed by atoms with van der Waals surface area (Å²) in [5.74, 6) is 0.892. The molecule has 1 aromatic rings. The first-order chi connectivity index (χ1) is 7.93. The maximum absolute atomic E-state index is 11.9. The van der Waals surface area contributed by atoms with Crippen molar-refractivity contribution in [3.8, 4) is 0 Å². The summed E-state index contributed by atoms with van der Waals surface area (Å²) >= 11 is 5.54. The topological polar surface area (TPSA) is 34.1 Å². The number of alkyl halides is 1. The van der Waals surface area contributed by atoms with Crippen molar-refractivity contribution in [1.29, 1.82) is 0 Å². The lowest BCUT2D eigenvalue weighted by atomic mass is 10.1. The number of sulfone groups is 1. The van der Waals surface area contributed by atoms with Crippen molar-refractivity contribution in [2.75, 3.05) is 11.6 Å². The number of hydrogen-bond donors (Lipinski definition) is 0. The van der Waals surface area contributed by atoms with Crippen molar-refractivity contribution in [2.45, 2.75) is 32.4 Å². The third kappa shape index (κ3) is 5.55. The van der Waals surface area contributed by atoms with Crippen LogP contribution in [0.5, 0.6) is 0 Å². The van der Waals surface area contributed by atoms with Crippen LogP contribution < -0.4 is 0 Å². The predicted molar refractivity (Wildman–Crippen MR) is 73.4 cm³/mol. The molecule has 17 heavy (non-hydrogen) atoms. The summed E-state index contributed by atoms with van der Waals surface area (Å²) in [5, 5.41) is 0. The monoisotopic (exact) mass is 274 g/mol. The molecule has 0 aliphatic heterocycles. The van der Waals surface area contributed by atoms with Crippen molar-refractivity contribution in [3.63, 3.8) is 0 Å². The van der Waals surface area contributed by atoms with E-state index in [-0.39, 0.29) is 11.5 Å². The Kier molecular flexibility index (Phi) is 5.47. The maximum Gasteiger partial charge on any atom is 0.154 e. The molecule has 0 saturated carbocycles. The molecule has 1 aromatic carbocycles. The van der Waals surface area contributed by atoms with Crippen LogP contribution >= 0.6 is 11.6 Å². The van der Waals surface area contributed by atoms with Gasteiger partial charge in [0.05, 0.1) is 11.5 Å². The maximum atomic E-state index is 11.9. The summed E-state index contributed by atoms with van der Waals surface area (Å²) in [6, 6.07) is 5.92. The summed E-state index contributed by atoms with van der Waals surface area (Å²) < 4.78 is 23.7. The van der Waals surface area contributed by atoms with Gasteiger partial charge in [0.25, 0.3) is 0 Å². The molecule has 0 aliphatic carbocycles. The molecular weight excluding hydrogens is 256 g/mol. The molecule has 0 aliphatic rings. The fraction of sp³-hybridized carbons (Fsp3) is 0.538. The fourth-order valence-electron chi connectivity index (χ4n) is 1.89. The second-order valence-electron chi connectivity index (χ2n) is 4.48. The molecule has 0 unspecified atom stereocenters. The van der Waals surface area contributed by atoms with E-state index in [2.05, 4.69) is 0 Å². The average molecular weight is 275 g/mol. The Morgan fingerprint density at radius 1 is 1.06 bits per heavy atom. The first kappa shape index (κ1) is 14.5. The summed E-state index contributed by atoms with van der Waals surface area (Å²) in [7, 11) is -3.00. The minimum absolute atomic E-state index is 0.137. The van der Waals surface area contributed by atoms with Crippen LogP contribution in [0.2, 0.25) is 0 Å². The van der Waals surface area contributed by atoms with Crippen LogP contribution in [0.15, 0.2) is 18.2 Å². The second kappa shape index (κ2) is 6.41. The highest BCUT2D eigenvalue weighted by molar-refractivity contribution is 7.90. The zero-order valence-corrected chi connectivity index (χ0v) is 11.9. The van der Waals surface area contributed by atoms with Gasteiger partial charge in [-0.25, -0.2) is 8.42 Å². The molecule has 0 saturated heterocycles.